The van der Waals surface area contributed by atoms with Crippen molar-refractivity contribution < 1.29 is 4.42 Å². The summed E-state index contributed by atoms with van der Waals surface area (Å²) in [6.07, 6.45) is 3.52. The summed E-state index contributed by atoms with van der Waals surface area (Å²) in [5.41, 5.74) is 2.13. The van der Waals surface area contributed by atoms with E-state index in [1.165, 1.54) is 0 Å². The van der Waals surface area contributed by atoms with Crippen molar-refractivity contribution in [3.63, 3.8) is 0 Å². The van der Waals surface area contributed by atoms with Crippen LogP contribution in [0.5, 0.6) is 0 Å². The third-order valence-electron chi connectivity index (χ3n) is 3.29. The molecule has 0 spiro atoms. The Morgan fingerprint density at radius 1 is 1.25 bits per heavy atom. The third kappa shape index (κ3) is 2.37. The minimum atomic E-state index is -0.0111. The van der Waals surface area contributed by atoms with Crippen molar-refractivity contribution in [3.05, 3.63) is 64.7 Å². The van der Waals surface area contributed by atoms with Crippen molar-refractivity contribution in [1.82, 2.24) is 10.3 Å². The highest BCUT2D eigenvalue weighted by molar-refractivity contribution is 9.10. The minimum absolute atomic E-state index is 0.0111. The second-order valence-corrected chi connectivity index (χ2v) is 5.40. The number of nitrogens with one attached hydrogen (secondary N) is 1. The number of nitrogens with zero attached hydrogens (tertiary/aromatic N) is 1. The van der Waals surface area contributed by atoms with Crippen LogP contribution in [0, 0.1) is 0 Å². The van der Waals surface area contributed by atoms with Crippen LogP contribution in [-0.4, -0.2) is 11.5 Å². The normalized spacial score (nSPS) is 12.7. The molecule has 0 amide bonds. The van der Waals surface area contributed by atoms with E-state index in [0.717, 1.165) is 33.2 Å². The van der Waals surface area contributed by atoms with Gasteiger partial charge in [0.15, 0.2) is 0 Å². The first-order valence-electron chi connectivity index (χ1n) is 6.61. The molecule has 0 bridgehead atoms. The SMILES string of the molecule is CCNC(c1occc1Br)c1cccc2cccnc12. The molecule has 3 aromatic rings. The van der Waals surface area contributed by atoms with Crippen molar-refractivity contribution in [2.45, 2.75) is 13.0 Å². The standard InChI is InChI=1S/C16H15BrN2O/c1-2-18-15(16-13(17)8-10-20-16)12-7-3-5-11-6-4-9-19-14(11)12/h3-10,15,18H,2H2,1H3. The van der Waals surface area contributed by atoms with Crippen LogP contribution in [0.1, 0.15) is 24.3 Å². The highest BCUT2D eigenvalue weighted by atomic mass is 79.9. The molecule has 0 aliphatic carbocycles. The first-order valence-corrected chi connectivity index (χ1v) is 7.40. The molecule has 1 unspecified atom stereocenters. The Labute approximate surface area is 126 Å². The van der Waals surface area contributed by atoms with E-state index in [1.54, 1.807) is 6.26 Å². The molecule has 0 radical (unpaired) electrons. The molecule has 1 aromatic carbocycles. The quantitative estimate of drug-likeness (QED) is 0.775. The van der Waals surface area contributed by atoms with Crippen molar-refractivity contribution in [3.8, 4) is 0 Å². The Hall–Kier alpha value is -1.65. The van der Waals surface area contributed by atoms with Gasteiger partial charge >= 0.3 is 0 Å². The van der Waals surface area contributed by atoms with Gasteiger partial charge < -0.3 is 9.73 Å². The number of pyridine rings is 1. The van der Waals surface area contributed by atoms with Crippen LogP contribution in [0.2, 0.25) is 0 Å². The van der Waals surface area contributed by atoms with Crippen molar-refractivity contribution >= 4 is 26.8 Å². The largest absolute Gasteiger partial charge is 0.466 e. The fourth-order valence-electron chi connectivity index (χ4n) is 2.42. The van der Waals surface area contributed by atoms with Gasteiger partial charge in [0.1, 0.15) is 5.76 Å². The van der Waals surface area contributed by atoms with E-state index in [9.17, 15) is 0 Å². The molecular weight excluding hydrogens is 316 g/mol. The fourth-order valence-corrected chi connectivity index (χ4v) is 2.85. The van der Waals surface area contributed by atoms with Crippen LogP contribution in [0.25, 0.3) is 10.9 Å². The summed E-state index contributed by atoms with van der Waals surface area (Å²) in [5, 5.41) is 4.61. The first kappa shape index (κ1) is 13.3. The Bertz CT molecular complexity index is 718. The number of benzene rings is 1. The lowest BCUT2D eigenvalue weighted by Gasteiger charge is -2.18. The van der Waals surface area contributed by atoms with Gasteiger partial charge in [0.2, 0.25) is 0 Å². The van der Waals surface area contributed by atoms with E-state index in [4.69, 9.17) is 4.42 Å². The lowest BCUT2D eigenvalue weighted by atomic mass is 10.0. The average Bonchev–Trinajstić information content (AvgIpc) is 2.90. The van der Waals surface area contributed by atoms with Crippen LogP contribution in [0.4, 0.5) is 0 Å². The van der Waals surface area contributed by atoms with E-state index in [2.05, 4.69) is 57.4 Å². The maximum Gasteiger partial charge on any atom is 0.139 e. The minimum Gasteiger partial charge on any atom is -0.466 e. The van der Waals surface area contributed by atoms with Gasteiger partial charge in [0.25, 0.3) is 0 Å². The van der Waals surface area contributed by atoms with Crippen molar-refractivity contribution in [1.29, 1.82) is 0 Å². The average molecular weight is 331 g/mol. The molecular formula is C16H15BrN2O. The van der Waals surface area contributed by atoms with E-state index in [0.29, 0.717) is 0 Å². The van der Waals surface area contributed by atoms with Gasteiger partial charge in [-0.3, -0.25) is 4.98 Å². The first-order chi connectivity index (χ1) is 9.81. The number of halogens is 1. The van der Waals surface area contributed by atoms with E-state index < -0.39 is 0 Å². The molecule has 102 valence electrons. The predicted octanol–water partition coefficient (Wildman–Crippen LogP) is 4.29. The Kier molecular flexibility index (Phi) is 3.85. The van der Waals surface area contributed by atoms with Crippen LogP contribution in [-0.2, 0) is 0 Å². The van der Waals surface area contributed by atoms with Gasteiger partial charge in [0, 0.05) is 17.1 Å². The van der Waals surface area contributed by atoms with Crippen LogP contribution in [0.3, 0.4) is 0 Å². The zero-order chi connectivity index (χ0) is 13.9. The molecule has 1 N–H and O–H groups in total. The molecule has 0 fully saturated rings. The monoisotopic (exact) mass is 330 g/mol. The van der Waals surface area contributed by atoms with Gasteiger partial charge in [-0.25, -0.2) is 0 Å². The number of aromatic nitrogens is 1. The molecule has 3 rings (SSSR count). The summed E-state index contributed by atoms with van der Waals surface area (Å²) < 4.78 is 6.61. The Morgan fingerprint density at radius 2 is 2.10 bits per heavy atom. The molecule has 3 nitrogen and oxygen atoms in total. The number of hydrogen-bond donors (Lipinski definition) is 1. The zero-order valence-electron chi connectivity index (χ0n) is 11.1. The molecule has 0 saturated heterocycles. The highest BCUT2D eigenvalue weighted by Crippen LogP contribution is 2.32. The van der Waals surface area contributed by atoms with E-state index in [-0.39, 0.29) is 6.04 Å². The van der Waals surface area contributed by atoms with Gasteiger partial charge in [-0.15, -0.1) is 0 Å². The van der Waals surface area contributed by atoms with Crippen molar-refractivity contribution in [2.24, 2.45) is 0 Å². The lowest BCUT2D eigenvalue weighted by Crippen LogP contribution is -2.22. The number of hydrogen-bond acceptors (Lipinski definition) is 3. The Morgan fingerprint density at radius 3 is 2.85 bits per heavy atom. The third-order valence-corrected chi connectivity index (χ3v) is 3.95. The zero-order valence-corrected chi connectivity index (χ0v) is 12.7. The fraction of sp³-hybridized carbons (Fsp3) is 0.188. The maximum absolute atomic E-state index is 5.65. The summed E-state index contributed by atoms with van der Waals surface area (Å²) in [5.74, 6) is 0.880. The van der Waals surface area contributed by atoms with Crippen LogP contribution >= 0.6 is 15.9 Å². The number of fused-ring (bicyclic) bond motifs is 1. The summed E-state index contributed by atoms with van der Waals surface area (Å²) in [4.78, 5) is 4.53. The molecule has 1 atom stereocenters. The molecule has 0 aliphatic rings. The Balaban J connectivity index is 2.17. The number of rotatable bonds is 4. The summed E-state index contributed by atoms with van der Waals surface area (Å²) in [6.45, 7) is 2.93. The lowest BCUT2D eigenvalue weighted by molar-refractivity contribution is 0.451. The highest BCUT2D eigenvalue weighted by Gasteiger charge is 2.21. The number of furan rings is 1. The van der Waals surface area contributed by atoms with E-state index >= 15 is 0 Å². The smallest absolute Gasteiger partial charge is 0.139 e. The maximum atomic E-state index is 5.65. The molecule has 0 aliphatic heterocycles. The van der Waals surface area contributed by atoms with E-state index in [1.807, 2.05) is 18.3 Å². The number of para-hydroxylation sites is 1. The van der Waals surface area contributed by atoms with Gasteiger partial charge in [-0.1, -0.05) is 31.2 Å². The van der Waals surface area contributed by atoms with Crippen LogP contribution < -0.4 is 5.32 Å². The second-order valence-electron chi connectivity index (χ2n) is 4.55. The van der Waals surface area contributed by atoms with Crippen LogP contribution in [0.15, 0.2) is 57.7 Å². The van der Waals surface area contributed by atoms with Crippen molar-refractivity contribution in [2.75, 3.05) is 6.54 Å². The second kappa shape index (κ2) is 5.77. The topological polar surface area (TPSA) is 38.1 Å². The molecule has 2 aromatic heterocycles. The van der Waals surface area contributed by atoms with Gasteiger partial charge in [-0.05, 0) is 34.6 Å². The summed E-state index contributed by atoms with van der Waals surface area (Å²) in [6, 6.07) is 12.2. The van der Waals surface area contributed by atoms with Gasteiger partial charge in [-0.2, -0.15) is 0 Å². The van der Waals surface area contributed by atoms with Gasteiger partial charge in [0.05, 0.1) is 22.3 Å². The summed E-state index contributed by atoms with van der Waals surface area (Å²) >= 11 is 3.54. The predicted molar refractivity (Wildman–Crippen MR) is 83.7 cm³/mol. The summed E-state index contributed by atoms with van der Waals surface area (Å²) in [7, 11) is 0. The molecule has 20 heavy (non-hydrogen) atoms. The molecule has 2 heterocycles. The molecule has 0 saturated carbocycles. The molecule has 4 heteroatoms.